The molecule has 1 fully saturated rings. The van der Waals surface area contributed by atoms with Crippen LogP contribution in [0.4, 0.5) is 4.39 Å². The second-order valence-electron chi connectivity index (χ2n) is 11.8. The van der Waals surface area contributed by atoms with Gasteiger partial charge in [0.1, 0.15) is 12.4 Å². The molecular formula is C36H43FN4O6. The Labute approximate surface area is 275 Å². The van der Waals surface area contributed by atoms with Gasteiger partial charge < -0.3 is 33.7 Å². The fourth-order valence-electron chi connectivity index (χ4n) is 5.90. The molecule has 3 aromatic rings. The lowest BCUT2D eigenvalue weighted by molar-refractivity contribution is -0.146. The molecule has 1 N–H and O–H groups in total. The summed E-state index contributed by atoms with van der Waals surface area (Å²) in [6, 6.07) is 12.1. The molecule has 1 saturated heterocycles. The van der Waals surface area contributed by atoms with Crippen molar-refractivity contribution in [1.82, 2.24) is 19.7 Å². The van der Waals surface area contributed by atoms with Gasteiger partial charge >= 0.3 is 5.97 Å². The number of piperazine rings is 1. The number of ether oxygens (including phenoxy) is 4. The van der Waals surface area contributed by atoms with Crippen molar-refractivity contribution in [2.45, 2.75) is 19.9 Å². The van der Waals surface area contributed by atoms with Gasteiger partial charge in [0.2, 0.25) is 11.7 Å². The zero-order valence-electron chi connectivity index (χ0n) is 27.7. The number of fused-ring (bicyclic) bond motifs is 1. The Kier molecular flexibility index (Phi) is 11.0. The van der Waals surface area contributed by atoms with Gasteiger partial charge in [0.05, 0.1) is 27.2 Å². The van der Waals surface area contributed by atoms with Crippen LogP contribution in [0.5, 0.6) is 17.2 Å². The van der Waals surface area contributed by atoms with Crippen LogP contribution in [0, 0.1) is 5.82 Å². The third-order valence-corrected chi connectivity index (χ3v) is 8.70. The first-order chi connectivity index (χ1) is 22.7. The van der Waals surface area contributed by atoms with Crippen LogP contribution < -0.4 is 19.5 Å². The van der Waals surface area contributed by atoms with Crippen molar-refractivity contribution in [3.8, 4) is 17.2 Å². The number of likely N-dealkylation sites (N-methyl/N-ethyl adjacent to an activating group) is 1. The van der Waals surface area contributed by atoms with E-state index in [0.717, 1.165) is 59.7 Å². The van der Waals surface area contributed by atoms with E-state index in [1.54, 1.807) is 18.2 Å². The van der Waals surface area contributed by atoms with Crippen molar-refractivity contribution in [1.29, 1.82) is 0 Å². The number of hydrogen-bond donors (Lipinski definition) is 1. The molecule has 5 rings (SSSR count). The lowest BCUT2D eigenvalue weighted by Crippen LogP contribution is -2.45. The van der Waals surface area contributed by atoms with Crippen molar-refractivity contribution >= 4 is 29.1 Å². The number of carbonyl (C=O) groups excluding carboxylic acids is 2. The number of nitrogens with zero attached hydrogens (tertiary/aromatic N) is 3. The van der Waals surface area contributed by atoms with Crippen molar-refractivity contribution in [2.24, 2.45) is 7.05 Å². The summed E-state index contributed by atoms with van der Waals surface area (Å²) in [6.45, 7) is 6.90. The molecule has 11 heteroatoms. The Bertz CT molecular complexity index is 1650. The van der Waals surface area contributed by atoms with Crippen LogP contribution in [-0.4, -0.2) is 93.4 Å². The van der Waals surface area contributed by atoms with Gasteiger partial charge in [-0.1, -0.05) is 6.07 Å². The number of halogens is 1. The lowest BCUT2D eigenvalue weighted by Gasteiger charge is -2.32. The van der Waals surface area contributed by atoms with Crippen LogP contribution in [0.25, 0.3) is 17.2 Å². The fraction of sp³-hybridized carbons (Fsp3) is 0.389. The quantitative estimate of drug-likeness (QED) is 0.274. The Morgan fingerprint density at radius 3 is 2.36 bits per heavy atom. The minimum Gasteiger partial charge on any atom is -0.493 e. The number of methoxy groups -OCH3 is 2. The SMILES string of the molecule is COc1cc(/C=C2/C(C)=C(CC(=O)NCc3cccn3C)c3cc(F)ccc32)cc(OC)c1OCC(=O)OCCN1CCN(C)CC1. The van der Waals surface area contributed by atoms with E-state index in [1.165, 1.54) is 26.4 Å². The second-order valence-corrected chi connectivity index (χ2v) is 11.8. The monoisotopic (exact) mass is 646 g/mol. The van der Waals surface area contributed by atoms with Crippen molar-refractivity contribution in [3.05, 3.63) is 82.4 Å². The van der Waals surface area contributed by atoms with Gasteiger partial charge in [-0.25, -0.2) is 9.18 Å². The maximum atomic E-state index is 14.4. The second kappa shape index (κ2) is 15.3. The summed E-state index contributed by atoms with van der Waals surface area (Å²) in [4.78, 5) is 30.0. The zero-order valence-corrected chi connectivity index (χ0v) is 27.7. The largest absolute Gasteiger partial charge is 0.493 e. The first kappa shape index (κ1) is 33.7. The Hall–Kier alpha value is -4.61. The standard InChI is InChI=1S/C36H43FN4O6/c1-24-29(28-9-8-26(37)20-31(28)30(24)21-34(42)38-22-27-7-6-10-40(27)3)17-25-18-32(44-4)36(33(19-25)45-5)47-23-35(43)46-16-15-41-13-11-39(2)12-14-41/h6-10,17-20H,11-16,21-23H2,1-5H3,(H,38,42)/b29-17-. The maximum Gasteiger partial charge on any atom is 0.344 e. The van der Waals surface area contributed by atoms with Gasteiger partial charge in [0.15, 0.2) is 18.1 Å². The summed E-state index contributed by atoms with van der Waals surface area (Å²) < 4.78 is 38.9. The van der Waals surface area contributed by atoms with Crippen LogP contribution >= 0.6 is 0 Å². The molecule has 250 valence electrons. The molecule has 0 bridgehead atoms. The van der Waals surface area contributed by atoms with E-state index >= 15 is 0 Å². The number of rotatable bonds is 13. The van der Waals surface area contributed by atoms with Crippen LogP contribution in [0.1, 0.15) is 35.7 Å². The van der Waals surface area contributed by atoms with Crippen molar-refractivity contribution < 1.29 is 32.9 Å². The highest BCUT2D eigenvalue weighted by Crippen LogP contribution is 2.45. The maximum absolute atomic E-state index is 14.4. The molecule has 1 aromatic heterocycles. The first-order valence-electron chi connectivity index (χ1n) is 15.7. The van der Waals surface area contributed by atoms with Crippen molar-refractivity contribution in [3.63, 3.8) is 0 Å². The number of esters is 1. The van der Waals surface area contributed by atoms with E-state index < -0.39 is 5.97 Å². The van der Waals surface area contributed by atoms with E-state index in [-0.39, 0.29) is 30.5 Å². The molecule has 0 atom stereocenters. The molecule has 1 amide bonds. The number of carbonyl (C=O) groups is 2. The minimum absolute atomic E-state index is 0.106. The van der Waals surface area contributed by atoms with Gasteiger partial charge in [0.25, 0.3) is 0 Å². The van der Waals surface area contributed by atoms with Crippen LogP contribution in [0.15, 0.2) is 54.2 Å². The molecule has 2 aliphatic rings. The molecule has 47 heavy (non-hydrogen) atoms. The zero-order chi connectivity index (χ0) is 33.5. The lowest BCUT2D eigenvalue weighted by atomic mass is 10.00. The van der Waals surface area contributed by atoms with E-state index in [0.29, 0.717) is 36.8 Å². The highest BCUT2D eigenvalue weighted by Gasteiger charge is 2.26. The molecule has 0 radical (unpaired) electrons. The predicted octanol–water partition coefficient (Wildman–Crippen LogP) is 4.39. The number of benzene rings is 2. The number of allylic oxidation sites excluding steroid dienone is 2. The average Bonchev–Trinajstić information content (AvgIpc) is 3.58. The third-order valence-electron chi connectivity index (χ3n) is 8.70. The van der Waals surface area contributed by atoms with E-state index in [1.807, 2.05) is 42.9 Å². The molecule has 1 aliphatic carbocycles. The van der Waals surface area contributed by atoms with Gasteiger partial charge in [-0.15, -0.1) is 0 Å². The molecule has 10 nitrogen and oxygen atoms in total. The Balaban J connectivity index is 1.30. The minimum atomic E-state index is -0.481. The molecule has 2 heterocycles. The summed E-state index contributed by atoms with van der Waals surface area (Å²) in [5.74, 6) is 0.0263. The molecule has 0 unspecified atom stereocenters. The first-order valence-corrected chi connectivity index (χ1v) is 15.7. The van der Waals surface area contributed by atoms with Gasteiger partial charge in [-0.3, -0.25) is 9.69 Å². The summed E-state index contributed by atoms with van der Waals surface area (Å²) in [7, 11) is 7.05. The highest BCUT2D eigenvalue weighted by molar-refractivity contribution is 6.08. The summed E-state index contributed by atoms with van der Waals surface area (Å²) in [5, 5.41) is 2.98. The third kappa shape index (κ3) is 8.22. The highest BCUT2D eigenvalue weighted by atomic mass is 19.1. The van der Waals surface area contributed by atoms with E-state index in [2.05, 4.69) is 22.2 Å². The molecule has 0 spiro atoms. The average molecular weight is 647 g/mol. The van der Waals surface area contributed by atoms with Gasteiger partial charge in [-0.2, -0.15) is 0 Å². The van der Waals surface area contributed by atoms with Crippen LogP contribution in [-0.2, 0) is 27.9 Å². The van der Waals surface area contributed by atoms with Gasteiger partial charge in [0, 0.05) is 51.7 Å². The Morgan fingerprint density at radius 1 is 0.979 bits per heavy atom. The van der Waals surface area contributed by atoms with Gasteiger partial charge in [-0.05, 0) is 89.9 Å². The smallest absolute Gasteiger partial charge is 0.344 e. The molecular weight excluding hydrogens is 603 g/mol. The summed E-state index contributed by atoms with van der Waals surface area (Å²) in [6.07, 6.45) is 3.98. The number of aromatic nitrogens is 1. The number of nitrogens with one attached hydrogen (secondary N) is 1. The van der Waals surface area contributed by atoms with E-state index in [9.17, 15) is 14.0 Å². The normalized spacial score (nSPS) is 15.9. The topological polar surface area (TPSA) is 94.5 Å². The van der Waals surface area contributed by atoms with Crippen LogP contribution in [0.2, 0.25) is 0 Å². The predicted molar refractivity (Wildman–Crippen MR) is 179 cm³/mol. The molecule has 0 saturated carbocycles. The van der Waals surface area contributed by atoms with Crippen LogP contribution in [0.3, 0.4) is 0 Å². The van der Waals surface area contributed by atoms with E-state index in [4.69, 9.17) is 18.9 Å². The fourth-order valence-corrected chi connectivity index (χ4v) is 5.90. The van der Waals surface area contributed by atoms with Crippen molar-refractivity contribution in [2.75, 3.05) is 67.2 Å². The summed E-state index contributed by atoms with van der Waals surface area (Å²) >= 11 is 0. The number of hydrogen-bond acceptors (Lipinski definition) is 8. The molecule has 1 aliphatic heterocycles. The number of amides is 1. The summed E-state index contributed by atoms with van der Waals surface area (Å²) in [5.41, 5.74) is 5.72. The Morgan fingerprint density at radius 2 is 1.70 bits per heavy atom. The number of aryl methyl sites for hydroxylation is 1. The molecule has 2 aromatic carbocycles.